The van der Waals surface area contributed by atoms with Crippen molar-refractivity contribution in [1.29, 1.82) is 0 Å². The number of methoxy groups -OCH3 is 1. The molecule has 0 saturated carbocycles. The molecule has 0 aliphatic heterocycles. The van der Waals surface area contributed by atoms with Crippen molar-refractivity contribution < 1.29 is 26.1 Å². The number of rotatable bonds is 7. The second kappa shape index (κ2) is 8.91. The van der Waals surface area contributed by atoms with Gasteiger partial charge < -0.3 is 8.92 Å². The standard InChI is InChI=1S/C21H18F2N2O4S/c1-14-3-7-17(8-4-14)30(26,27)29-20-10-5-15(11-21(20)28-2)13-24-25-19-9-6-16(22)12-18(19)23/h3-13,25H,1-2H3/b24-13+. The maximum absolute atomic E-state index is 13.6. The maximum Gasteiger partial charge on any atom is 0.339 e. The predicted molar refractivity (Wildman–Crippen MR) is 110 cm³/mol. The normalized spacial score (nSPS) is 11.5. The molecular formula is C21H18F2N2O4S. The average molecular weight is 432 g/mol. The highest BCUT2D eigenvalue weighted by atomic mass is 32.2. The third-order valence-corrected chi connectivity index (χ3v) is 5.28. The van der Waals surface area contributed by atoms with Crippen molar-refractivity contribution in [2.45, 2.75) is 11.8 Å². The van der Waals surface area contributed by atoms with E-state index in [1.165, 1.54) is 43.7 Å². The van der Waals surface area contributed by atoms with Gasteiger partial charge in [0.05, 0.1) is 19.0 Å². The van der Waals surface area contributed by atoms with Gasteiger partial charge in [-0.1, -0.05) is 17.7 Å². The molecule has 0 aromatic heterocycles. The van der Waals surface area contributed by atoms with Crippen LogP contribution in [0.5, 0.6) is 11.5 Å². The summed E-state index contributed by atoms with van der Waals surface area (Å²) in [4.78, 5) is 0.0197. The Labute approximate surface area is 172 Å². The van der Waals surface area contributed by atoms with Crippen molar-refractivity contribution in [3.8, 4) is 11.5 Å². The van der Waals surface area contributed by atoms with Gasteiger partial charge in [-0.15, -0.1) is 0 Å². The largest absolute Gasteiger partial charge is 0.493 e. The summed E-state index contributed by atoms with van der Waals surface area (Å²) in [6.45, 7) is 1.85. The van der Waals surface area contributed by atoms with Crippen molar-refractivity contribution in [3.63, 3.8) is 0 Å². The van der Waals surface area contributed by atoms with E-state index in [4.69, 9.17) is 8.92 Å². The molecule has 0 heterocycles. The van der Waals surface area contributed by atoms with Gasteiger partial charge >= 0.3 is 10.1 Å². The number of hydrogen-bond acceptors (Lipinski definition) is 6. The Bertz CT molecular complexity index is 1180. The molecule has 3 aromatic rings. The van der Waals surface area contributed by atoms with E-state index in [1.807, 2.05) is 6.92 Å². The van der Waals surface area contributed by atoms with Crippen LogP contribution in [0.25, 0.3) is 0 Å². The summed E-state index contributed by atoms with van der Waals surface area (Å²) in [5.74, 6) is -1.30. The van der Waals surface area contributed by atoms with E-state index in [0.29, 0.717) is 5.56 Å². The summed E-state index contributed by atoms with van der Waals surface area (Å²) in [7, 11) is -2.67. The van der Waals surface area contributed by atoms with E-state index >= 15 is 0 Å². The minimum Gasteiger partial charge on any atom is -0.493 e. The van der Waals surface area contributed by atoms with Crippen molar-refractivity contribution in [3.05, 3.63) is 83.4 Å². The van der Waals surface area contributed by atoms with Gasteiger partial charge in [0.2, 0.25) is 0 Å². The fourth-order valence-corrected chi connectivity index (χ4v) is 3.40. The lowest BCUT2D eigenvalue weighted by Crippen LogP contribution is -2.10. The van der Waals surface area contributed by atoms with E-state index in [0.717, 1.165) is 17.7 Å². The van der Waals surface area contributed by atoms with E-state index in [2.05, 4.69) is 10.5 Å². The number of nitrogens with zero attached hydrogens (tertiary/aromatic N) is 1. The Hall–Kier alpha value is -3.46. The molecule has 0 unspecified atom stereocenters. The van der Waals surface area contributed by atoms with Gasteiger partial charge in [-0.2, -0.15) is 13.5 Å². The lowest BCUT2D eigenvalue weighted by Gasteiger charge is -2.11. The zero-order valence-corrected chi connectivity index (χ0v) is 16.9. The number of hydrogen-bond donors (Lipinski definition) is 1. The second-order valence-corrected chi connectivity index (χ2v) is 7.80. The molecule has 0 saturated heterocycles. The van der Waals surface area contributed by atoms with Crippen LogP contribution in [0.4, 0.5) is 14.5 Å². The third-order valence-electron chi connectivity index (χ3n) is 4.03. The zero-order valence-electron chi connectivity index (χ0n) is 16.1. The highest BCUT2D eigenvalue weighted by Gasteiger charge is 2.19. The minimum atomic E-state index is -4.04. The molecule has 3 aromatic carbocycles. The van der Waals surface area contributed by atoms with Gasteiger partial charge in [0.25, 0.3) is 0 Å². The quantitative estimate of drug-likeness (QED) is 0.338. The monoisotopic (exact) mass is 432 g/mol. The molecule has 156 valence electrons. The fourth-order valence-electron chi connectivity index (χ4n) is 2.46. The fraction of sp³-hybridized carbons (Fsp3) is 0.0952. The van der Waals surface area contributed by atoms with Crippen LogP contribution < -0.4 is 14.3 Å². The van der Waals surface area contributed by atoms with Gasteiger partial charge in [0, 0.05) is 6.07 Å². The van der Waals surface area contributed by atoms with E-state index in [-0.39, 0.29) is 22.1 Å². The van der Waals surface area contributed by atoms with Crippen molar-refractivity contribution in [1.82, 2.24) is 0 Å². The summed E-state index contributed by atoms with van der Waals surface area (Å²) in [6.07, 6.45) is 1.36. The lowest BCUT2D eigenvalue weighted by molar-refractivity contribution is 0.390. The first-order chi connectivity index (χ1) is 14.3. The predicted octanol–water partition coefficient (Wildman–Crippen LogP) is 4.50. The highest BCUT2D eigenvalue weighted by Crippen LogP contribution is 2.30. The molecule has 0 aliphatic rings. The number of ether oxygens (including phenoxy) is 1. The molecule has 1 N–H and O–H groups in total. The van der Waals surface area contributed by atoms with E-state index in [1.54, 1.807) is 18.2 Å². The van der Waals surface area contributed by atoms with Gasteiger partial charge in [0.1, 0.15) is 10.7 Å². The molecular weight excluding hydrogens is 414 g/mol. The van der Waals surface area contributed by atoms with Crippen LogP contribution in [0.2, 0.25) is 0 Å². The number of nitrogens with one attached hydrogen (secondary N) is 1. The summed E-state index contributed by atoms with van der Waals surface area (Å²) in [5.41, 5.74) is 3.92. The Morgan fingerprint density at radius 2 is 1.70 bits per heavy atom. The Morgan fingerprint density at radius 1 is 0.967 bits per heavy atom. The molecule has 0 atom stereocenters. The van der Waals surface area contributed by atoms with Crippen molar-refractivity contribution in [2.75, 3.05) is 12.5 Å². The number of hydrazone groups is 1. The van der Waals surface area contributed by atoms with Gasteiger partial charge in [0.15, 0.2) is 17.3 Å². The van der Waals surface area contributed by atoms with Crippen LogP contribution in [0.3, 0.4) is 0 Å². The van der Waals surface area contributed by atoms with Crippen LogP contribution in [-0.4, -0.2) is 21.7 Å². The summed E-state index contributed by atoms with van der Waals surface area (Å²) >= 11 is 0. The Morgan fingerprint density at radius 3 is 2.37 bits per heavy atom. The summed E-state index contributed by atoms with van der Waals surface area (Å²) < 4.78 is 61.9. The molecule has 0 radical (unpaired) electrons. The number of aryl methyl sites for hydroxylation is 1. The first kappa shape index (κ1) is 21.3. The molecule has 0 amide bonds. The van der Waals surface area contributed by atoms with Crippen LogP contribution in [0.15, 0.2) is 70.7 Å². The molecule has 3 rings (SSSR count). The summed E-state index contributed by atoms with van der Waals surface area (Å²) in [5, 5.41) is 3.89. The smallest absolute Gasteiger partial charge is 0.339 e. The van der Waals surface area contributed by atoms with Gasteiger partial charge in [-0.25, -0.2) is 8.78 Å². The maximum atomic E-state index is 13.6. The first-order valence-electron chi connectivity index (χ1n) is 8.72. The van der Waals surface area contributed by atoms with Gasteiger partial charge in [-0.05, 0) is 55.0 Å². The van der Waals surface area contributed by atoms with Crippen LogP contribution in [0, 0.1) is 18.6 Å². The van der Waals surface area contributed by atoms with E-state index in [9.17, 15) is 17.2 Å². The number of benzene rings is 3. The molecule has 0 fully saturated rings. The second-order valence-electron chi connectivity index (χ2n) is 6.25. The number of halogens is 2. The van der Waals surface area contributed by atoms with Crippen molar-refractivity contribution >= 4 is 22.0 Å². The Kier molecular flexibility index (Phi) is 6.31. The molecule has 6 nitrogen and oxygen atoms in total. The molecule has 9 heteroatoms. The Balaban J connectivity index is 1.76. The third kappa shape index (κ3) is 5.12. The zero-order chi connectivity index (χ0) is 21.7. The first-order valence-corrected chi connectivity index (χ1v) is 10.1. The minimum absolute atomic E-state index is 0.00348. The topological polar surface area (TPSA) is 77.0 Å². The van der Waals surface area contributed by atoms with Crippen molar-refractivity contribution in [2.24, 2.45) is 5.10 Å². The molecule has 30 heavy (non-hydrogen) atoms. The molecule has 0 spiro atoms. The molecule has 0 aliphatic carbocycles. The van der Waals surface area contributed by atoms with Gasteiger partial charge in [-0.3, -0.25) is 5.43 Å². The molecule has 0 bridgehead atoms. The lowest BCUT2D eigenvalue weighted by atomic mass is 10.2. The van der Waals surface area contributed by atoms with E-state index < -0.39 is 21.8 Å². The summed E-state index contributed by atoms with van der Waals surface area (Å²) in [6, 6.07) is 13.8. The van der Waals surface area contributed by atoms with Crippen LogP contribution in [-0.2, 0) is 10.1 Å². The van der Waals surface area contributed by atoms with Crippen LogP contribution in [0.1, 0.15) is 11.1 Å². The highest BCUT2D eigenvalue weighted by molar-refractivity contribution is 7.87. The number of anilines is 1. The average Bonchev–Trinajstić information content (AvgIpc) is 2.70. The van der Waals surface area contributed by atoms with Crippen LogP contribution >= 0.6 is 0 Å². The SMILES string of the molecule is COc1cc(/C=N/Nc2ccc(F)cc2F)ccc1OS(=O)(=O)c1ccc(C)cc1.